The van der Waals surface area contributed by atoms with Gasteiger partial charge in [0.2, 0.25) is 0 Å². The van der Waals surface area contributed by atoms with Gasteiger partial charge in [0.05, 0.1) is 18.5 Å². The molecule has 26 heavy (non-hydrogen) atoms. The number of nitrogens with zero attached hydrogens (tertiary/aromatic N) is 4. The standard InChI is InChI=1S/C19H28N4O3/c1-2-26-19(25)23-13-11-22(12-14-23)18(24)17-8-7-16(15-20-17)21-9-5-3-4-6-10-21/h7-8,15H,2-6,9-14H2,1H3. The summed E-state index contributed by atoms with van der Waals surface area (Å²) in [5.41, 5.74) is 1.56. The number of aromatic nitrogens is 1. The Kier molecular flexibility index (Phi) is 6.30. The van der Waals surface area contributed by atoms with Gasteiger partial charge in [-0.3, -0.25) is 4.79 Å². The fraction of sp³-hybridized carbons (Fsp3) is 0.632. The first-order valence-corrected chi connectivity index (χ1v) is 9.61. The van der Waals surface area contributed by atoms with Crippen molar-refractivity contribution in [2.24, 2.45) is 0 Å². The van der Waals surface area contributed by atoms with Gasteiger partial charge in [-0.15, -0.1) is 0 Å². The average Bonchev–Trinajstić information content (AvgIpc) is 2.97. The van der Waals surface area contributed by atoms with Gasteiger partial charge >= 0.3 is 6.09 Å². The van der Waals surface area contributed by atoms with Crippen LogP contribution in [0.25, 0.3) is 0 Å². The lowest BCUT2D eigenvalue weighted by Crippen LogP contribution is -2.50. The van der Waals surface area contributed by atoms with Crippen LogP contribution in [0.5, 0.6) is 0 Å². The second-order valence-electron chi connectivity index (χ2n) is 6.78. The van der Waals surface area contributed by atoms with Crippen LogP contribution in [0.15, 0.2) is 18.3 Å². The van der Waals surface area contributed by atoms with Crippen molar-refractivity contribution in [2.45, 2.75) is 32.6 Å². The summed E-state index contributed by atoms with van der Waals surface area (Å²) in [6, 6.07) is 3.82. The summed E-state index contributed by atoms with van der Waals surface area (Å²) in [5.74, 6) is -0.0732. The predicted octanol–water partition coefficient (Wildman–Crippen LogP) is 2.38. The lowest BCUT2D eigenvalue weighted by Gasteiger charge is -2.33. The quantitative estimate of drug-likeness (QED) is 0.828. The van der Waals surface area contributed by atoms with Crippen molar-refractivity contribution in [2.75, 3.05) is 50.8 Å². The Morgan fingerprint density at radius 3 is 2.19 bits per heavy atom. The zero-order valence-electron chi connectivity index (χ0n) is 15.5. The zero-order chi connectivity index (χ0) is 18.4. The fourth-order valence-electron chi connectivity index (χ4n) is 3.50. The summed E-state index contributed by atoms with van der Waals surface area (Å²) in [6.07, 6.45) is 6.51. The highest BCUT2D eigenvalue weighted by atomic mass is 16.6. The van der Waals surface area contributed by atoms with Crippen molar-refractivity contribution >= 4 is 17.7 Å². The Morgan fingerprint density at radius 1 is 0.962 bits per heavy atom. The lowest BCUT2D eigenvalue weighted by atomic mass is 10.2. The molecule has 0 bridgehead atoms. The Balaban J connectivity index is 1.56. The van der Waals surface area contributed by atoms with Crippen LogP contribution in [0, 0.1) is 0 Å². The largest absolute Gasteiger partial charge is 0.450 e. The Morgan fingerprint density at radius 2 is 1.62 bits per heavy atom. The minimum Gasteiger partial charge on any atom is -0.450 e. The smallest absolute Gasteiger partial charge is 0.409 e. The van der Waals surface area contributed by atoms with Crippen LogP contribution in [-0.2, 0) is 4.74 Å². The fourth-order valence-corrected chi connectivity index (χ4v) is 3.50. The number of anilines is 1. The molecule has 0 radical (unpaired) electrons. The maximum atomic E-state index is 12.7. The number of ether oxygens (including phenoxy) is 1. The molecule has 0 saturated carbocycles. The van der Waals surface area contributed by atoms with Crippen molar-refractivity contribution in [3.8, 4) is 0 Å². The molecule has 2 saturated heterocycles. The summed E-state index contributed by atoms with van der Waals surface area (Å²) in [5, 5.41) is 0. The lowest BCUT2D eigenvalue weighted by molar-refractivity contribution is 0.0566. The van der Waals surface area contributed by atoms with E-state index in [9.17, 15) is 9.59 Å². The van der Waals surface area contributed by atoms with E-state index in [1.807, 2.05) is 18.3 Å². The number of pyridine rings is 1. The maximum Gasteiger partial charge on any atom is 0.409 e. The minimum absolute atomic E-state index is 0.0732. The van der Waals surface area contributed by atoms with Gasteiger partial charge in [-0.05, 0) is 31.9 Å². The van der Waals surface area contributed by atoms with Crippen LogP contribution in [-0.4, -0.2) is 72.7 Å². The highest BCUT2D eigenvalue weighted by Gasteiger charge is 2.26. The molecule has 0 aliphatic carbocycles. The maximum absolute atomic E-state index is 12.7. The molecule has 2 amide bonds. The third-order valence-corrected chi connectivity index (χ3v) is 5.03. The number of amides is 2. The van der Waals surface area contributed by atoms with Crippen molar-refractivity contribution in [3.63, 3.8) is 0 Å². The molecule has 2 fully saturated rings. The van der Waals surface area contributed by atoms with Crippen molar-refractivity contribution in [1.29, 1.82) is 0 Å². The van der Waals surface area contributed by atoms with Gasteiger partial charge in [0.25, 0.3) is 5.91 Å². The highest BCUT2D eigenvalue weighted by Crippen LogP contribution is 2.19. The summed E-state index contributed by atoms with van der Waals surface area (Å²) in [6.45, 7) is 6.28. The van der Waals surface area contributed by atoms with Gasteiger partial charge in [-0.25, -0.2) is 9.78 Å². The Labute approximate surface area is 154 Å². The number of carbonyl (C=O) groups excluding carboxylic acids is 2. The number of carbonyl (C=O) groups is 2. The van der Waals surface area contributed by atoms with Crippen LogP contribution in [0.1, 0.15) is 43.1 Å². The van der Waals surface area contributed by atoms with E-state index in [-0.39, 0.29) is 12.0 Å². The van der Waals surface area contributed by atoms with Gasteiger partial charge in [-0.1, -0.05) is 12.8 Å². The van der Waals surface area contributed by atoms with Crippen LogP contribution < -0.4 is 4.90 Å². The molecule has 0 atom stereocenters. The number of hydrogen-bond acceptors (Lipinski definition) is 5. The minimum atomic E-state index is -0.306. The normalized spacial score (nSPS) is 18.4. The molecule has 0 spiro atoms. The van der Waals surface area contributed by atoms with Gasteiger partial charge in [-0.2, -0.15) is 0 Å². The SMILES string of the molecule is CCOC(=O)N1CCN(C(=O)c2ccc(N3CCCCCC3)cn2)CC1. The van der Waals surface area contributed by atoms with E-state index in [0.29, 0.717) is 38.5 Å². The summed E-state index contributed by atoms with van der Waals surface area (Å²) >= 11 is 0. The van der Waals surface area contributed by atoms with Crippen molar-refractivity contribution in [3.05, 3.63) is 24.0 Å². The predicted molar refractivity (Wildman–Crippen MR) is 99.4 cm³/mol. The molecular weight excluding hydrogens is 332 g/mol. The topological polar surface area (TPSA) is 66.0 Å². The van der Waals surface area contributed by atoms with Gasteiger partial charge in [0, 0.05) is 39.3 Å². The summed E-state index contributed by atoms with van der Waals surface area (Å²) in [4.78, 5) is 34.6. The van der Waals surface area contributed by atoms with E-state index in [0.717, 1.165) is 18.8 Å². The molecular formula is C19H28N4O3. The van der Waals surface area contributed by atoms with E-state index in [2.05, 4.69) is 9.88 Å². The summed E-state index contributed by atoms with van der Waals surface area (Å²) < 4.78 is 5.01. The second kappa shape index (κ2) is 8.87. The van der Waals surface area contributed by atoms with E-state index in [1.165, 1.54) is 25.7 Å². The Hall–Kier alpha value is -2.31. The zero-order valence-corrected chi connectivity index (χ0v) is 15.5. The van der Waals surface area contributed by atoms with Gasteiger partial charge < -0.3 is 19.4 Å². The number of rotatable bonds is 3. The molecule has 3 rings (SSSR count). The molecule has 1 aromatic heterocycles. The molecule has 0 aromatic carbocycles. The Bertz CT molecular complexity index is 604. The average molecular weight is 360 g/mol. The van der Waals surface area contributed by atoms with Crippen LogP contribution in [0.2, 0.25) is 0 Å². The van der Waals surface area contributed by atoms with Crippen LogP contribution in [0.3, 0.4) is 0 Å². The summed E-state index contributed by atoms with van der Waals surface area (Å²) in [7, 11) is 0. The molecule has 2 aliphatic rings. The molecule has 3 heterocycles. The monoisotopic (exact) mass is 360 g/mol. The number of piperazine rings is 1. The first-order chi connectivity index (χ1) is 12.7. The van der Waals surface area contributed by atoms with E-state index in [4.69, 9.17) is 4.74 Å². The molecule has 7 heteroatoms. The van der Waals surface area contributed by atoms with E-state index < -0.39 is 0 Å². The second-order valence-corrected chi connectivity index (χ2v) is 6.78. The molecule has 1 aromatic rings. The molecule has 0 N–H and O–H groups in total. The number of hydrogen-bond donors (Lipinski definition) is 0. The molecule has 0 unspecified atom stereocenters. The third-order valence-electron chi connectivity index (χ3n) is 5.03. The van der Waals surface area contributed by atoms with Crippen molar-refractivity contribution in [1.82, 2.24) is 14.8 Å². The van der Waals surface area contributed by atoms with E-state index in [1.54, 1.807) is 16.7 Å². The van der Waals surface area contributed by atoms with Crippen LogP contribution in [0.4, 0.5) is 10.5 Å². The van der Waals surface area contributed by atoms with Crippen molar-refractivity contribution < 1.29 is 14.3 Å². The third kappa shape index (κ3) is 4.45. The first-order valence-electron chi connectivity index (χ1n) is 9.61. The first kappa shape index (κ1) is 18.5. The molecule has 142 valence electrons. The van der Waals surface area contributed by atoms with Gasteiger partial charge in [0.15, 0.2) is 0 Å². The van der Waals surface area contributed by atoms with Gasteiger partial charge in [0.1, 0.15) is 5.69 Å². The van der Waals surface area contributed by atoms with Crippen LogP contribution >= 0.6 is 0 Å². The molecule has 2 aliphatic heterocycles. The molecule has 7 nitrogen and oxygen atoms in total. The highest BCUT2D eigenvalue weighted by molar-refractivity contribution is 5.92. The van der Waals surface area contributed by atoms with E-state index >= 15 is 0 Å².